The standard InChI is InChI=1S/C21H36N8O.HI/c1-3-19(30)29-12-7-18(17-29)26-20(22-4-2)23-10-6-11-27-13-15-28(16-14-27)21-24-8-5-9-25-21;/h5,8-9,18H,3-4,6-7,10-17H2,1-2H3,(H2,22,23,26);1H. The minimum absolute atomic E-state index is 0. The van der Waals surface area contributed by atoms with E-state index in [1.54, 1.807) is 12.4 Å². The SMILES string of the molecule is CCNC(=NCCCN1CCN(c2ncccn2)CC1)NC1CCN(C(=O)CC)C1.I. The molecule has 0 radical (unpaired) electrons. The highest BCUT2D eigenvalue weighted by Crippen LogP contribution is 2.11. The molecule has 3 heterocycles. The Morgan fingerprint density at radius 1 is 1.16 bits per heavy atom. The number of amides is 1. The second-order valence-electron chi connectivity index (χ2n) is 7.81. The van der Waals surface area contributed by atoms with Crippen LogP contribution >= 0.6 is 24.0 Å². The normalized spacial score (nSPS) is 19.8. The third-order valence-corrected chi connectivity index (χ3v) is 5.64. The highest BCUT2D eigenvalue weighted by Gasteiger charge is 2.25. The zero-order chi connectivity index (χ0) is 21.2. The summed E-state index contributed by atoms with van der Waals surface area (Å²) >= 11 is 0. The zero-order valence-electron chi connectivity index (χ0n) is 18.8. The van der Waals surface area contributed by atoms with Crippen molar-refractivity contribution in [3.63, 3.8) is 0 Å². The Morgan fingerprint density at radius 2 is 1.90 bits per heavy atom. The van der Waals surface area contributed by atoms with Gasteiger partial charge in [-0.1, -0.05) is 6.92 Å². The number of guanidine groups is 1. The summed E-state index contributed by atoms with van der Waals surface area (Å²) in [6.45, 7) is 12.3. The Labute approximate surface area is 203 Å². The van der Waals surface area contributed by atoms with Gasteiger partial charge < -0.3 is 20.4 Å². The third kappa shape index (κ3) is 8.06. The van der Waals surface area contributed by atoms with Crippen molar-refractivity contribution in [3.05, 3.63) is 18.5 Å². The number of halogens is 1. The van der Waals surface area contributed by atoms with Gasteiger partial charge >= 0.3 is 0 Å². The van der Waals surface area contributed by atoms with E-state index in [1.807, 2.05) is 17.9 Å². The van der Waals surface area contributed by atoms with Crippen molar-refractivity contribution >= 4 is 41.8 Å². The summed E-state index contributed by atoms with van der Waals surface area (Å²) in [5.74, 6) is 1.92. The van der Waals surface area contributed by atoms with Gasteiger partial charge in [0, 0.05) is 83.8 Å². The summed E-state index contributed by atoms with van der Waals surface area (Å²) < 4.78 is 0. The van der Waals surface area contributed by atoms with Crippen LogP contribution in [0.25, 0.3) is 0 Å². The van der Waals surface area contributed by atoms with Crippen LogP contribution in [0.15, 0.2) is 23.5 Å². The first kappa shape index (κ1) is 25.6. The monoisotopic (exact) mass is 544 g/mol. The van der Waals surface area contributed by atoms with Gasteiger partial charge in [-0.3, -0.25) is 14.7 Å². The van der Waals surface area contributed by atoms with Crippen molar-refractivity contribution in [2.24, 2.45) is 4.99 Å². The van der Waals surface area contributed by atoms with Gasteiger partial charge in [-0.05, 0) is 25.8 Å². The van der Waals surface area contributed by atoms with E-state index in [0.717, 1.165) is 83.7 Å². The largest absolute Gasteiger partial charge is 0.357 e. The van der Waals surface area contributed by atoms with E-state index in [0.29, 0.717) is 6.42 Å². The molecule has 10 heteroatoms. The van der Waals surface area contributed by atoms with Gasteiger partial charge in [-0.15, -0.1) is 24.0 Å². The number of hydrogen-bond acceptors (Lipinski definition) is 6. The molecule has 3 rings (SSSR count). The van der Waals surface area contributed by atoms with Gasteiger partial charge in [0.25, 0.3) is 0 Å². The number of nitrogens with zero attached hydrogens (tertiary/aromatic N) is 6. The van der Waals surface area contributed by atoms with Crippen molar-refractivity contribution < 1.29 is 4.79 Å². The number of carbonyl (C=O) groups is 1. The lowest BCUT2D eigenvalue weighted by Crippen LogP contribution is -2.47. The molecule has 2 aliphatic rings. The molecule has 0 saturated carbocycles. The smallest absolute Gasteiger partial charge is 0.225 e. The first-order valence-electron chi connectivity index (χ1n) is 11.3. The van der Waals surface area contributed by atoms with E-state index in [1.165, 1.54) is 0 Å². The fourth-order valence-electron chi connectivity index (χ4n) is 3.95. The number of anilines is 1. The van der Waals surface area contributed by atoms with Crippen LogP contribution in [0, 0.1) is 0 Å². The van der Waals surface area contributed by atoms with Gasteiger partial charge in [0.05, 0.1) is 0 Å². The van der Waals surface area contributed by atoms with Crippen molar-refractivity contribution in [2.75, 3.05) is 63.8 Å². The fourth-order valence-corrected chi connectivity index (χ4v) is 3.95. The van der Waals surface area contributed by atoms with Crippen LogP contribution in [0.1, 0.15) is 33.1 Å². The van der Waals surface area contributed by atoms with Gasteiger partial charge in [-0.25, -0.2) is 9.97 Å². The molecule has 2 aliphatic heterocycles. The van der Waals surface area contributed by atoms with Gasteiger partial charge in [-0.2, -0.15) is 0 Å². The van der Waals surface area contributed by atoms with Crippen molar-refractivity contribution in [1.82, 2.24) is 30.4 Å². The topological polar surface area (TPSA) is 89.0 Å². The number of hydrogen-bond donors (Lipinski definition) is 2. The number of rotatable bonds is 8. The predicted molar refractivity (Wildman–Crippen MR) is 135 cm³/mol. The molecule has 0 aromatic carbocycles. The number of nitrogens with one attached hydrogen (secondary N) is 2. The highest BCUT2D eigenvalue weighted by atomic mass is 127. The molecular weight excluding hydrogens is 507 g/mol. The number of likely N-dealkylation sites (tertiary alicyclic amines) is 1. The van der Waals surface area contributed by atoms with Crippen molar-refractivity contribution in [1.29, 1.82) is 0 Å². The first-order valence-corrected chi connectivity index (χ1v) is 11.3. The average Bonchev–Trinajstić information content (AvgIpc) is 3.26. The summed E-state index contributed by atoms with van der Waals surface area (Å²) in [5.41, 5.74) is 0. The van der Waals surface area contributed by atoms with E-state index in [9.17, 15) is 4.79 Å². The molecule has 31 heavy (non-hydrogen) atoms. The molecule has 0 spiro atoms. The molecule has 9 nitrogen and oxygen atoms in total. The van der Waals surface area contributed by atoms with Gasteiger partial charge in [0.15, 0.2) is 5.96 Å². The van der Waals surface area contributed by atoms with E-state index >= 15 is 0 Å². The minimum Gasteiger partial charge on any atom is -0.357 e. The average molecular weight is 544 g/mol. The van der Waals surface area contributed by atoms with Gasteiger partial charge in [0.1, 0.15) is 0 Å². The molecule has 2 fully saturated rings. The van der Waals surface area contributed by atoms with Crippen LogP contribution in [-0.2, 0) is 4.79 Å². The molecule has 174 valence electrons. The summed E-state index contributed by atoms with van der Waals surface area (Å²) in [5, 5.41) is 6.83. The summed E-state index contributed by atoms with van der Waals surface area (Å²) in [6, 6.07) is 2.14. The number of carbonyl (C=O) groups excluding carboxylic acids is 1. The van der Waals surface area contributed by atoms with Crippen LogP contribution in [0.5, 0.6) is 0 Å². The predicted octanol–water partition coefficient (Wildman–Crippen LogP) is 1.17. The fraction of sp³-hybridized carbons (Fsp3) is 0.714. The van der Waals surface area contributed by atoms with E-state index in [-0.39, 0.29) is 35.9 Å². The van der Waals surface area contributed by atoms with E-state index in [4.69, 9.17) is 4.99 Å². The molecule has 2 N–H and O–H groups in total. The minimum atomic E-state index is 0. The van der Waals surface area contributed by atoms with Gasteiger partial charge in [0.2, 0.25) is 11.9 Å². The summed E-state index contributed by atoms with van der Waals surface area (Å²) in [4.78, 5) is 32.0. The highest BCUT2D eigenvalue weighted by molar-refractivity contribution is 14.0. The van der Waals surface area contributed by atoms with Crippen LogP contribution in [-0.4, -0.2) is 96.6 Å². The lowest BCUT2D eigenvalue weighted by atomic mass is 10.3. The molecule has 1 amide bonds. The Morgan fingerprint density at radius 3 is 2.58 bits per heavy atom. The van der Waals surface area contributed by atoms with E-state index < -0.39 is 0 Å². The second-order valence-corrected chi connectivity index (χ2v) is 7.81. The van der Waals surface area contributed by atoms with E-state index in [2.05, 4.69) is 37.3 Å². The number of aliphatic imine (C=N–C) groups is 1. The zero-order valence-corrected chi connectivity index (χ0v) is 21.1. The summed E-state index contributed by atoms with van der Waals surface area (Å²) in [6.07, 6.45) is 6.18. The van der Waals surface area contributed by atoms with Crippen molar-refractivity contribution in [2.45, 2.75) is 39.2 Å². The maximum Gasteiger partial charge on any atom is 0.225 e. The molecule has 1 atom stereocenters. The maximum absolute atomic E-state index is 11.9. The number of piperazine rings is 1. The lowest BCUT2D eigenvalue weighted by molar-refractivity contribution is -0.129. The maximum atomic E-state index is 11.9. The molecule has 1 aromatic rings. The van der Waals surface area contributed by atoms with Crippen LogP contribution in [0.3, 0.4) is 0 Å². The Kier molecular flexibility index (Phi) is 11.3. The Hall–Kier alpha value is -1.69. The molecule has 1 aromatic heterocycles. The van der Waals surface area contributed by atoms with Crippen molar-refractivity contribution in [3.8, 4) is 0 Å². The molecule has 0 aliphatic carbocycles. The Balaban J connectivity index is 0.00000341. The molecular formula is C21H37IN8O. The molecule has 0 bridgehead atoms. The first-order chi connectivity index (χ1) is 14.7. The second kappa shape index (κ2) is 13.7. The summed E-state index contributed by atoms with van der Waals surface area (Å²) in [7, 11) is 0. The van der Waals surface area contributed by atoms with Crippen LogP contribution in [0.4, 0.5) is 5.95 Å². The number of aromatic nitrogens is 2. The van der Waals surface area contributed by atoms with Crippen LogP contribution < -0.4 is 15.5 Å². The third-order valence-electron chi connectivity index (χ3n) is 5.64. The molecule has 2 saturated heterocycles. The molecule has 1 unspecified atom stereocenters. The quantitative estimate of drug-likeness (QED) is 0.220. The lowest BCUT2D eigenvalue weighted by Gasteiger charge is -2.34. The Bertz CT molecular complexity index is 681. The van der Waals surface area contributed by atoms with Crippen LogP contribution in [0.2, 0.25) is 0 Å².